The third-order valence-corrected chi connectivity index (χ3v) is 5.53. The van der Waals surface area contributed by atoms with Gasteiger partial charge < -0.3 is 9.80 Å². The number of hydrogen-bond acceptors (Lipinski definition) is 3. The Bertz CT molecular complexity index is 742. The summed E-state index contributed by atoms with van der Waals surface area (Å²) in [7, 11) is 0. The second-order valence-corrected chi connectivity index (χ2v) is 7.83. The van der Waals surface area contributed by atoms with Crippen molar-refractivity contribution >= 4 is 11.6 Å². The third kappa shape index (κ3) is 5.14. The molecule has 0 unspecified atom stereocenters. The summed E-state index contributed by atoms with van der Waals surface area (Å²) in [5.74, 6) is 0.153. The van der Waals surface area contributed by atoms with Crippen LogP contribution in [-0.4, -0.2) is 54.5 Å². The molecule has 0 N–H and O–H groups in total. The van der Waals surface area contributed by atoms with E-state index < -0.39 is 0 Å². The molecule has 28 heavy (non-hydrogen) atoms. The van der Waals surface area contributed by atoms with Crippen molar-refractivity contribution in [3.05, 3.63) is 65.7 Å². The number of anilines is 1. The molecule has 4 heteroatoms. The molecule has 4 nitrogen and oxygen atoms in total. The first-order valence-electron chi connectivity index (χ1n) is 10.5. The van der Waals surface area contributed by atoms with Gasteiger partial charge in [-0.15, -0.1) is 0 Å². The van der Waals surface area contributed by atoms with Crippen molar-refractivity contribution in [2.75, 3.05) is 37.6 Å². The molecule has 0 spiro atoms. The van der Waals surface area contributed by atoms with Crippen LogP contribution in [0.3, 0.4) is 0 Å². The van der Waals surface area contributed by atoms with Gasteiger partial charge in [0.25, 0.3) is 5.91 Å². The van der Waals surface area contributed by atoms with E-state index in [1.807, 2.05) is 17.0 Å². The SMILES string of the molecule is CCN(c1ccc(C(=O)N2CCCN(Cc3ccccc3)CC2)cc1)C(C)C. The van der Waals surface area contributed by atoms with Gasteiger partial charge in [0.2, 0.25) is 0 Å². The van der Waals surface area contributed by atoms with Crippen LogP contribution in [0.1, 0.15) is 43.1 Å². The molecule has 0 aromatic heterocycles. The predicted octanol–water partition coefficient (Wildman–Crippen LogP) is 4.27. The standard InChI is InChI=1S/C24H33N3O/c1-4-27(20(2)3)23-13-11-22(12-14-23)24(28)26-16-8-15-25(17-18-26)19-21-9-6-5-7-10-21/h5-7,9-14,20H,4,8,15-19H2,1-3H3. The Morgan fingerprint density at radius 1 is 0.964 bits per heavy atom. The van der Waals surface area contributed by atoms with Gasteiger partial charge in [-0.1, -0.05) is 30.3 Å². The van der Waals surface area contributed by atoms with E-state index in [1.54, 1.807) is 0 Å². The summed E-state index contributed by atoms with van der Waals surface area (Å²) < 4.78 is 0. The molecule has 0 radical (unpaired) electrons. The van der Waals surface area contributed by atoms with Crippen molar-refractivity contribution in [1.29, 1.82) is 0 Å². The zero-order valence-electron chi connectivity index (χ0n) is 17.5. The monoisotopic (exact) mass is 379 g/mol. The van der Waals surface area contributed by atoms with Crippen LogP contribution in [0.25, 0.3) is 0 Å². The Balaban J connectivity index is 1.60. The van der Waals surface area contributed by atoms with Crippen LogP contribution in [0.4, 0.5) is 5.69 Å². The maximum Gasteiger partial charge on any atom is 0.253 e. The second kappa shape index (κ2) is 9.74. The van der Waals surface area contributed by atoms with Crippen LogP contribution >= 0.6 is 0 Å². The Hall–Kier alpha value is -2.33. The van der Waals surface area contributed by atoms with Crippen LogP contribution in [0.2, 0.25) is 0 Å². The topological polar surface area (TPSA) is 26.8 Å². The van der Waals surface area contributed by atoms with E-state index in [-0.39, 0.29) is 5.91 Å². The molecular weight excluding hydrogens is 346 g/mol. The lowest BCUT2D eigenvalue weighted by Crippen LogP contribution is -2.35. The van der Waals surface area contributed by atoms with E-state index in [1.165, 1.54) is 11.3 Å². The molecule has 0 atom stereocenters. The molecule has 150 valence electrons. The summed E-state index contributed by atoms with van der Waals surface area (Å²) in [4.78, 5) is 19.8. The number of amides is 1. The zero-order valence-corrected chi connectivity index (χ0v) is 17.5. The second-order valence-electron chi connectivity index (χ2n) is 7.83. The molecule has 2 aromatic rings. The molecule has 1 aliphatic heterocycles. The summed E-state index contributed by atoms with van der Waals surface area (Å²) >= 11 is 0. The number of nitrogens with zero attached hydrogens (tertiary/aromatic N) is 3. The van der Waals surface area contributed by atoms with Crippen molar-refractivity contribution in [3.63, 3.8) is 0 Å². The lowest BCUT2D eigenvalue weighted by molar-refractivity contribution is 0.0761. The summed E-state index contributed by atoms with van der Waals surface area (Å²) in [5, 5.41) is 0. The molecule has 1 saturated heterocycles. The quantitative estimate of drug-likeness (QED) is 0.750. The Morgan fingerprint density at radius 3 is 2.32 bits per heavy atom. The number of carbonyl (C=O) groups is 1. The zero-order chi connectivity index (χ0) is 19.9. The molecule has 0 aliphatic carbocycles. The molecule has 3 rings (SSSR count). The first kappa shape index (κ1) is 20.4. The van der Waals surface area contributed by atoms with Crippen LogP contribution in [0.5, 0.6) is 0 Å². The van der Waals surface area contributed by atoms with E-state index in [4.69, 9.17) is 0 Å². The van der Waals surface area contributed by atoms with Crippen molar-refractivity contribution < 1.29 is 4.79 Å². The smallest absolute Gasteiger partial charge is 0.253 e. The van der Waals surface area contributed by atoms with Crippen molar-refractivity contribution in [1.82, 2.24) is 9.80 Å². The molecule has 1 heterocycles. The number of rotatable bonds is 6. The Kier molecular flexibility index (Phi) is 7.10. The summed E-state index contributed by atoms with van der Waals surface area (Å²) in [6.45, 7) is 12.1. The highest BCUT2D eigenvalue weighted by molar-refractivity contribution is 5.94. The molecule has 1 aliphatic rings. The highest BCUT2D eigenvalue weighted by Crippen LogP contribution is 2.19. The molecular formula is C24H33N3O. The first-order valence-corrected chi connectivity index (χ1v) is 10.5. The van der Waals surface area contributed by atoms with Gasteiger partial charge in [0.15, 0.2) is 0 Å². The highest BCUT2D eigenvalue weighted by atomic mass is 16.2. The van der Waals surface area contributed by atoms with Crippen molar-refractivity contribution in [3.8, 4) is 0 Å². The fourth-order valence-corrected chi connectivity index (χ4v) is 4.00. The minimum atomic E-state index is 0.153. The van der Waals surface area contributed by atoms with Gasteiger partial charge in [0.1, 0.15) is 0 Å². The molecule has 1 fully saturated rings. The van der Waals surface area contributed by atoms with Gasteiger partial charge in [0, 0.05) is 56.6 Å². The fourth-order valence-electron chi connectivity index (χ4n) is 4.00. The average Bonchev–Trinajstić information content (AvgIpc) is 2.95. The molecule has 1 amide bonds. The van der Waals surface area contributed by atoms with E-state index in [0.717, 1.165) is 51.3 Å². The number of carbonyl (C=O) groups excluding carboxylic acids is 1. The van der Waals surface area contributed by atoms with Crippen LogP contribution in [0, 0.1) is 0 Å². The van der Waals surface area contributed by atoms with Gasteiger partial charge in [0.05, 0.1) is 0 Å². The molecule has 2 aromatic carbocycles. The summed E-state index contributed by atoms with van der Waals surface area (Å²) in [5.41, 5.74) is 3.31. The van der Waals surface area contributed by atoms with E-state index in [9.17, 15) is 4.79 Å². The summed E-state index contributed by atoms with van der Waals surface area (Å²) in [6.07, 6.45) is 1.02. The lowest BCUT2D eigenvalue weighted by Gasteiger charge is -2.28. The minimum Gasteiger partial charge on any atom is -0.369 e. The van der Waals surface area contributed by atoms with Gasteiger partial charge in [-0.3, -0.25) is 9.69 Å². The molecule has 0 bridgehead atoms. The van der Waals surface area contributed by atoms with E-state index >= 15 is 0 Å². The number of benzene rings is 2. The van der Waals surface area contributed by atoms with E-state index in [2.05, 4.69) is 73.0 Å². The predicted molar refractivity (Wildman–Crippen MR) is 117 cm³/mol. The maximum atomic E-state index is 13.0. The molecule has 0 saturated carbocycles. The van der Waals surface area contributed by atoms with Gasteiger partial charge in [-0.2, -0.15) is 0 Å². The average molecular weight is 380 g/mol. The number of hydrogen-bond donors (Lipinski definition) is 0. The highest BCUT2D eigenvalue weighted by Gasteiger charge is 2.20. The van der Waals surface area contributed by atoms with E-state index in [0.29, 0.717) is 6.04 Å². The van der Waals surface area contributed by atoms with Gasteiger partial charge in [-0.05, 0) is 57.0 Å². The van der Waals surface area contributed by atoms with Crippen LogP contribution in [0.15, 0.2) is 54.6 Å². The normalized spacial score (nSPS) is 15.5. The van der Waals surface area contributed by atoms with Crippen LogP contribution < -0.4 is 4.90 Å². The first-order chi connectivity index (χ1) is 13.6. The largest absolute Gasteiger partial charge is 0.369 e. The van der Waals surface area contributed by atoms with Crippen molar-refractivity contribution in [2.45, 2.75) is 39.8 Å². The fraction of sp³-hybridized carbons (Fsp3) is 0.458. The van der Waals surface area contributed by atoms with Crippen molar-refractivity contribution in [2.24, 2.45) is 0 Å². The third-order valence-electron chi connectivity index (χ3n) is 5.53. The van der Waals surface area contributed by atoms with Gasteiger partial charge in [-0.25, -0.2) is 0 Å². The summed E-state index contributed by atoms with van der Waals surface area (Å²) in [6, 6.07) is 19.2. The van der Waals surface area contributed by atoms with Crippen LogP contribution in [-0.2, 0) is 6.54 Å². The Morgan fingerprint density at radius 2 is 1.68 bits per heavy atom. The maximum absolute atomic E-state index is 13.0. The lowest BCUT2D eigenvalue weighted by atomic mass is 10.1. The van der Waals surface area contributed by atoms with Gasteiger partial charge >= 0.3 is 0 Å². The minimum absolute atomic E-state index is 0.153. The Labute approximate surface area is 169 Å².